The van der Waals surface area contributed by atoms with Gasteiger partial charge in [0.25, 0.3) is 0 Å². The fraction of sp³-hybridized carbons (Fsp3) is 0.600. The molecular formula is C10H16N4. The molecule has 1 aromatic rings. The van der Waals surface area contributed by atoms with Crippen molar-refractivity contribution in [1.29, 1.82) is 0 Å². The van der Waals surface area contributed by atoms with Crippen molar-refractivity contribution in [3.63, 3.8) is 0 Å². The van der Waals surface area contributed by atoms with Gasteiger partial charge in [0, 0.05) is 18.5 Å². The van der Waals surface area contributed by atoms with E-state index in [1.165, 1.54) is 12.8 Å². The summed E-state index contributed by atoms with van der Waals surface area (Å²) in [5, 5.41) is 11.5. The first-order valence-electron chi connectivity index (χ1n) is 5.10. The molecule has 1 unspecified atom stereocenters. The summed E-state index contributed by atoms with van der Waals surface area (Å²) in [5.41, 5.74) is 6.62. The first-order valence-corrected chi connectivity index (χ1v) is 5.10. The monoisotopic (exact) mass is 192 g/mol. The van der Waals surface area contributed by atoms with Crippen LogP contribution in [0.2, 0.25) is 0 Å². The van der Waals surface area contributed by atoms with Gasteiger partial charge in [-0.1, -0.05) is 0 Å². The predicted molar refractivity (Wildman–Crippen MR) is 56.1 cm³/mol. The van der Waals surface area contributed by atoms with Gasteiger partial charge >= 0.3 is 0 Å². The number of nitrogens with two attached hydrogens (primary N) is 1. The van der Waals surface area contributed by atoms with E-state index in [9.17, 15) is 0 Å². The molecule has 0 spiro atoms. The highest BCUT2D eigenvalue weighted by molar-refractivity contribution is 5.35. The van der Waals surface area contributed by atoms with Crippen LogP contribution in [0.25, 0.3) is 0 Å². The topological polar surface area (TPSA) is 63.8 Å². The molecule has 1 aromatic heterocycles. The standard InChI is InChI=1S/C10H16N4/c1-7(6-11)12-10-5-4-9(13-14-10)8-2-3-8/h4-5,7-8H,2-3,6,11H2,1H3,(H,12,14). The molecule has 1 atom stereocenters. The van der Waals surface area contributed by atoms with Crippen molar-refractivity contribution in [2.45, 2.75) is 31.7 Å². The van der Waals surface area contributed by atoms with Crippen LogP contribution in [0.1, 0.15) is 31.4 Å². The zero-order chi connectivity index (χ0) is 9.97. The highest BCUT2D eigenvalue weighted by Gasteiger charge is 2.25. The van der Waals surface area contributed by atoms with E-state index in [0.29, 0.717) is 12.5 Å². The summed E-state index contributed by atoms with van der Waals surface area (Å²) < 4.78 is 0. The zero-order valence-corrected chi connectivity index (χ0v) is 8.40. The van der Waals surface area contributed by atoms with Gasteiger partial charge in [-0.25, -0.2) is 0 Å². The lowest BCUT2D eigenvalue weighted by Gasteiger charge is -2.10. The number of anilines is 1. The van der Waals surface area contributed by atoms with Gasteiger partial charge in [0.1, 0.15) is 5.82 Å². The van der Waals surface area contributed by atoms with Gasteiger partial charge in [0.2, 0.25) is 0 Å². The van der Waals surface area contributed by atoms with Gasteiger partial charge in [-0.2, -0.15) is 5.10 Å². The number of hydrogen-bond donors (Lipinski definition) is 2. The fourth-order valence-corrected chi connectivity index (χ4v) is 1.33. The van der Waals surface area contributed by atoms with Crippen molar-refractivity contribution in [2.24, 2.45) is 5.73 Å². The Morgan fingerprint density at radius 2 is 2.29 bits per heavy atom. The van der Waals surface area contributed by atoms with E-state index in [1.54, 1.807) is 0 Å². The Bertz CT molecular complexity index is 291. The Morgan fingerprint density at radius 1 is 1.50 bits per heavy atom. The molecule has 0 amide bonds. The van der Waals surface area contributed by atoms with Gasteiger partial charge in [0.15, 0.2) is 0 Å². The Hall–Kier alpha value is -1.16. The summed E-state index contributed by atoms with van der Waals surface area (Å²) >= 11 is 0. The summed E-state index contributed by atoms with van der Waals surface area (Å²) in [4.78, 5) is 0. The second-order valence-electron chi connectivity index (χ2n) is 3.90. The quantitative estimate of drug-likeness (QED) is 0.750. The minimum atomic E-state index is 0.246. The normalized spacial score (nSPS) is 17.9. The van der Waals surface area contributed by atoms with Gasteiger partial charge in [-0.3, -0.25) is 0 Å². The third-order valence-electron chi connectivity index (χ3n) is 2.43. The second-order valence-corrected chi connectivity index (χ2v) is 3.90. The summed E-state index contributed by atoms with van der Waals surface area (Å²) in [6, 6.07) is 4.28. The molecule has 1 heterocycles. The highest BCUT2D eigenvalue weighted by Crippen LogP contribution is 2.38. The fourth-order valence-electron chi connectivity index (χ4n) is 1.33. The molecule has 0 saturated heterocycles. The van der Waals surface area contributed by atoms with Crippen molar-refractivity contribution >= 4 is 5.82 Å². The van der Waals surface area contributed by atoms with Crippen LogP contribution in [0.4, 0.5) is 5.82 Å². The third-order valence-corrected chi connectivity index (χ3v) is 2.43. The minimum absolute atomic E-state index is 0.246. The molecule has 4 nitrogen and oxygen atoms in total. The van der Waals surface area contributed by atoms with Gasteiger partial charge < -0.3 is 11.1 Å². The average molecular weight is 192 g/mol. The number of hydrogen-bond acceptors (Lipinski definition) is 4. The maximum atomic E-state index is 5.50. The first-order chi connectivity index (χ1) is 6.79. The van der Waals surface area contributed by atoms with E-state index in [-0.39, 0.29) is 6.04 Å². The maximum Gasteiger partial charge on any atom is 0.148 e. The predicted octanol–water partition coefficient (Wildman–Crippen LogP) is 1.11. The van der Waals surface area contributed by atoms with Crippen LogP contribution < -0.4 is 11.1 Å². The molecule has 1 aliphatic rings. The van der Waals surface area contributed by atoms with Crippen molar-refractivity contribution in [3.05, 3.63) is 17.8 Å². The van der Waals surface area contributed by atoms with Crippen LogP contribution in [0.5, 0.6) is 0 Å². The minimum Gasteiger partial charge on any atom is -0.365 e. The smallest absolute Gasteiger partial charge is 0.148 e. The van der Waals surface area contributed by atoms with E-state index >= 15 is 0 Å². The molecule has 4 heteroatoms. The van der Waals surface area contributed by atoms with Gasteiger partial charge in [-0.05, 0) is 31.9 Å². The molecule has 3 N–H and O–H groups in total. The zero-order valence-electron chi connectivity index (χ0n) is 8.40. The van der Waals surface area contributed by atoms with Crippen molar-refractivity contribution in [1.82, 2.24) is 10.2 Å². The molecule has 76 valence electrons. The Balaban J connectivity index is 1.98. The van der Waals surface area contributed by atoms with E-state index in [4.69, 9.17) is 5.73 Å². The molecule has 0 aliphatic heterocycles. The summed E-state index contributed by atoms with van der Waals surface area (Å²) in [5.74, 6) is 1.48. The SMILES string of the molecule is CC(CN)Nc1ccc(C2CC2)nn1. The third kappa shape index (κ3) is 2.20. The molecule has 0 aromatic carbocycles. The van der Waals surface area contributed by atoms with Crippen LogP contribution in [-0.4, -0.2) is 22.8 Å². The largest absolute Gasteiger partial charge is 0.365 e. The van der Waals surface area contributed by atoms with Crippen LogP contribution in [0.15, 0.2) is 12.1 Å². The molecule has 14 heavy (non-hydrogen) atoms. The Morgan fingerprint density at radius 3 is 2.79 bits per heavy atom. The first kappa shape index (κ1) is 9.40. The molecule has 1 aliphatic carbocycles. The molecule has 2 rings (SSSR count). The molecule has 1 fully saturated rings. The highest BCUT2D eigenvalue weighted by atomic mass is 15.2. The van der Waals surface area contributed by atoms with Crippen LogP contribution in [-0.2, 0) is 0 Å². The Labute approximate surface area is 83.9 Å². The van der Waals surface area contributed by atoms with Gasteiger partial charge in [0.05, 0.1) is 5.69 Å². The maximum absolute atomic E-state index is 5.50. The van der Waals surface area contributed by atoms with Crippen molar-refractivity contribution in [2.75, 3.05) is 11.9 Å². The van der Waals surface area contributed by atoms with Gasteiger partial charge in [-0.15, -0.1) is 5.10 Å². The van der Waals surface area contributed by atoms with Crippen LogP contribution in [0.3, 0.4) is 0 Å². The van der Waals surface area contributed by atoms with E-state index in [0.717, 1.165) is 11.5 Å². The van der Waals surface area contributed by atoms with Crippen molar-refractivity contribution in [3.8, 4) is 0 Å². The van der Waals surface area contributed by atoms with E-state index < -0.39 is 0 Å². The van der Waals surface area contributed by atoms with Crippen LogP contribution >= 0.6 is 0 Å². The molecular weight excluding hydrogens is 176 g/mol. The van der Waals surface area contributed by atoms with Crippen LogP contribution in [0, 0.1) is 0 Å². The molecule has 1 saturated carbocycles. The van der Waals surface area contributed by atoms with Crippen molar-refractivity contribution < 1.29 is 0 Å². The summed E-state index contributed by atoms with van der Waals surface area (Å²) in [6.07, 6.45) is 2.53. The number of nitrogens with one attached hydrogen (secondary N) is 1. The number of nitrogens with zero attached hydrogens (tertiary/aromatic N) is 2. The second kappa shape index (κ2) is 3.92. The number of aromatic nitrogens is 2. The summed E-state index contributed by atoms with van der Waals surface area (Å²) in [6.45, 7) is 2.63. The Kier molecular flexibility index (Phi) is 2.63. The molecule has 0 radical (unpaired) electrons. The average Bonchev–Trinajstić information content (AvgIpc) is 3.02. The number of rotatable bonds is 4. The van der Waals surface area contributed by atoms with E-state index in [2.05, 4.69) is 21.6 Å². The summed E-state index contributed by atoms with van der Waals surface area (Å²) in [7, 11) is 0. The van der Waals surface area contributed by atoms with E-state index in [1.807, 2.05) is 13.0 Å². The lowest BCUT2D eigenvalue weighted by Crippen LogP contribution is -2.25. The lowest BCUT2D eigenvalue weighted by atomic mass is 10.3. The molecule has 0 bridgehead atoms. The lowest BCUT2D eigenvalue weighted by molar-refractivity contribution is 0.787.